The number of rotatable bonds is 3. The lowest BCUT2D eigenvalue weighted by atomic mass is 10.1. The van der Waals surface area contributed by atoms with Crippen LogP contribution in [0.25, 0.3) is 16.7 Å². The second kappa shape index (κ2) is 5.20. The van der Waals surface area contributed by atoms with Crippen molar-refractivity contribution in [3.8, 4) is 5.75 Å². The van der Waals surface area contributed by atoms with Crippen molar-refractivity contribution >= 4 is 28.3 Å². The Hall–Kier alpha value is -2.67. The Bertz CT molecular complexity index is 998. The van der Waals surface area contributed by atoms with Gasteiger partial charge in [0, 0.05) is 5.02 Å². The zero-order valence-electron chi connectivity index (χ0n) is 12.5. The highest BCUT2D eigenvalue weighted by atomic mass is 35.5. The van der Waals surface area contributed by atoms with Crippen LogP contribution in [-0.4, -0.2) is 29.8 Å². The summed E-state index contributed by atoms with van der Waals surface area (Å²) in [7, 11) is 0. The molecule has 0 unspecified atom stereocenters. The highest BCUT2D eigenvalue weighted by molar-refractivity contribution is 6.32. The van der Waals surface area contributed by atoms with Crippen LogP contribution in [-0.2, 0) is 6.61 Å². The first-order valence-electron chi connectivity index (χ1n) is 7.04. The van der Waals surface area contributed by atoms with Gasteiger partial charge in [-0.2, -0.15) is 5.10 Å². The van der Waals surface area contributed by atoms with E-state index in [0.717, 1.165) is 27.3 Å². The molecule has 0 aliphatic rings. The SMILES string of the molecule is Cc1cc(OCc2nc3c4cn[nH]c4ncn3n2)cc(C)c1Cl. The van der Waals surface area contributed by atoms with Crippen molar-refractivity contribution in [1.29, 1.82) is 0 Å². The number of aryl methyl sites for hydroxylation is 2. The Balaban J connectivity index is 1.63. The van der Waals surface area contributed by atoms with Gasteiger partial charge in [0.2, 0.25) is 0 Å². The van der Waals surface area contributed by atoms with Crippen molar-refractivity contribution in [2.24, 2.45) is 0 Å². The minimum absolute atomic E-state index is 0.265. The van der Waals surface area contributed by atoms with Crippen LogP contribution in [0.1, 0.15) is 17.0 Å². The van der Waals surface area contributed by atoms with Gasteiger partial charge in [-0.15, -0.1) is 5.10 Å². The van der Waals surface area contributed by atoms with Gasteiger partial charge < -0.3 is 4.74 Å². The molecule has 3 aromatic heterocycles. The fourth-order valence-corrected chi connectivity index (χ4v) is 2.59. The molecular formula is C15H13ClN6O. The minimum atomic E-state index is 0.265. The van der Waals surface area contributed by atoms with E-state index in [0.29, 0.717) is 17.1 Å². The lowest BCUT2D eigenvalue weighted by molar-refractivity contribution is 0.295. The van der Waals surface area contributed by atoms with Crippen molar-refractivity contribution in [3.63, 3.8) is 0 Å². The smallest absolute Gasteiger partial charge is 0.189 e. The normalized spacial score (nSPS) is 11.4. The molecule has 8 heteroatoms. The monoisotopic (exact) mass is 328 g/mol. The van der Waals surface area contributed by atoms with E-state index < -0.39 is 0 Å². The Labute approximate surface area is 136 Å². The summed E-state index contributed by atoms with van der Waals surface area (Å²) in [5, 5.41) is 12.7. The zero-order valence-corrected chi connectivity index (χ0v) is 13.3. The van der Waals surface area contributed by atoms with Gasteiger partial charge in [0.15, 0.2) is 17.1 Å². The van der Waals surface area contributed by atoms with E-state index in [1.165, 1.54) is 0 Å². The maximum atomic E-state index is 6.17. The largest absolute Gasteiger partial charge is 0.486 e. The number of hydrogen-bond acceptors (Lipinski definition) is 5. The van der Waals surface area contributed by atoms with Gasteiger partial charge >= 0.3 is 0 Å². The third kappa shape index (κ3) is 2.39. The van der Waals surface area contributed by atoms with Crippen LogP contribution in [0.4, 0.5) is 0 Å². The van der Waals surface area contributed by atoms with Crippen molar-refractivity contribution in [2.75, 3.05) is 0 Å². The summed E-state index contributed by atoms with van der Waals surface area (Å²) in [5.74, 6) is 1.32. The quantitative estimate of drug-likeness (QED) is 0.625. The van der Waals surface area contributed by atoms with E-state index in [1.54, 1.807) is 17.0 Å². The standard InChI is InChI=1S/C15H13ClN6O/c1-8-3-10(4-9(2)13(8)16)23-6-12-19-15-11-5-18-20-14(11)17-7-22(15)21-12/h3-5,7H,6H2,1-2H3,(H,18,20). The molecule has 0 spiro atoms. The van der Waals surface area contributed by atoms with Crippen LogP contribution in [0.2, 0.25) is 5.02 Å². The van der Waals surface area contributed by atoms with Gasteiger partial charge in [-0.3, -0.25) is 5.10 Å². The second-order valence-corrected chi connectivity index (χ2v) is 5.71. The molecule has 3 heterocycles. The molecule has 0 saturated carbocycles. The first kappa shape index (κ1) is 14.0. The molecule has 1 aromatic carbocycles. The van der Waals surface area contributed by atoms with Crippen LogP contribution in [0.15, 0.2) is 24.7 Å². The van der Waals surface area contributed by atoms with Gasteiger partial charge in [-0.1, -0.05) is 11.6 Å². The van der Waals surface area contributed by atoms with E-state index in [-0.39, 0.29) is 6.61 Å². The summed E-state index contributed by atoms with van der Waals surface area (Å²) in [6.07, 6.45) is 3.28. The lowest BCUT2D eigenvalue weighted by Gasteiger charge is -2.08. The number of H-pyrrole nitrogens is 1. The number of fused-ring (bicyclic) bond motifs is 3. The second-order valence-electron chi connectivity index (χ2n) is 5.33. The minimum Gasteiger partial charge on any atom is -0.486 e. The van der Waals surface area contributed by atoms with Gasteiger partial charge in [-0.05, 0) is 37.1 Å². The fourth-order valence-electron chi connectivity index (χ4n) is 2.48. The molecule has 23 heavy (non-hydrogen) atoms. The van der Waals surface area contributed by atoms with Gasteiger partial charge in [0.05, 0.1) is 11.6 Å². The van der Waals surface area contributed by atoms with Gasteiger partial charge in [0.25, 0.3) is 0 Å². The van der Waals surface area contributed by atoms with E-state index in [4.69, 9.17) is 16.3 Å². The van der Waals surface area contributed by atoms with Crippen molar-refractivity contribution in [3.05, 3.63) is 46.6 Å². The number of nitrogens with one attached hydrogen (secondary N) is 1. The van der Waals surface area contributed by atoms with Crippen LogP contribution in [0, 0.1) is 13.8 Å². The fraction of sp³-hybridized carbons (Fsp3) is 0.200. The number of benzene rings is 1. The van der Waals surface area contributed by atoms with Crippen molar-refractivity contribution in [1.82, 2.24) is 29.8 Å². The molecule has 0 aliphatic carbocycles. The van der Waals surface area contributed by atoms with Crippen LogP contribution in [0.3, 0.4) is 0 Å². The summed E-state index contributed by atoms with van der Waals surface area (Å²) in [5.41, 5.74) is 3.34. The topological polar surface area (TPSA) is 81.0 Å². The van der Waals surface area contributed by atoms with Crippen LogP contribution in [0.5, 0.6) is 5.75 Å². The van der Waals surface area contributed by atoms with Crippen molar-refractivity contribution in [2.45, 2.75) is 20.5 Å². The molecule has 0 saturated heterocycles. The predicted octanol–water partition coefficient (Wildman–Crippen LogP) is 2.85. The molecule has 1 N–H and O–H groups in total. The molecule has 7 nitrogen and oxygen atoms in total. The van der Waals surface area contributed by atoms with E-state index >= 15 is 0 Å². The molecule has 0 bridgehead atoms. The van der Waals surface area contributed by atoms with Crippen LogP contribution < -0.4 is 4.74 Å². The molecule has 0 aliphatic heterocycles. The first-order valence-corrected chi connectivity index (χ1v) is 7.42. The molecule has 0 fully saturated rings. The molecule has 0 atom stereocenters. The molecule has 116 valence electrons. The Morgan fingerprint density at radius 3 is 2.83 bits per heavy atom. The average molecular weight is 329 g/mol. The molecule has 4 aromatic rings. The summed E-state index contributed by atoms with van der Waals surface area (Å²) >= 11 is 6.17. The summed E-state index contributed by atoms with van der Waals surface area (Å²) in [4.78, 5) is 8.71. The molecular weight excluding hydrogens is 316 g/mol. The highest BCUT2D eigenvalue weighted by Gasteiger charge is 2.10. The molecule has 0 radical (unpaired) electrons. The predicted molar refractivity (Wildman–Crippen MR) is 85.7 cm³/mol. The molecule has 4 rings (SSSR count). The number of hydrogen-bond donors (Lipinski definition) is 1. The van der Waals surface area contributed by atoms with Gasteiger partial charge in [-0.25, -0.2) is 14.5 Å². The Kier molecular flexibility index (Phi) is 3.16. The maximum absolute atomic E-state index is 6.17. The highest BCUT2D eigenvalue weighted by Crippen LogP contribution is 2.26. The van der Waals surface area contributed by atoms with Gasteiger partial charge in [0.1, 0.15) is 18.7 Å². The molecule has 0 amide bonds. The van der Waals surface area contributed by atoms with E-state index in [1.807, 2.05) is 26.0 Å². The first-order chi connectivity index (χ1) is 11.1. The summed E-state index contributed by atoms with van der Waals surface area (Å²) in [6, 6.07) is 3.81. The average Bonchev–Trinajstić information content (AvgIpc) is 3.15. The third-order valence-corrected chi connectivity index (χ3v) is 4.21. The number of halogens is 1. The third-order valence-electron chi connectivity index (χ3n) is 3.61. The number of nitrogens with zero attached hydrogens (tertiary/aromatic N) is 5. The Morgan fingerprint density at radius 2 is 2.04 bits per heavy atom. The number of aromatic amines is 1. The van der Waals surface area contributed by atoms with Crippen molar-refractivity contribution < 1.29 is 4.74 Å². The Morgan fingerprint density at radius 1 is 1.26 bits per heavy atom. The summed E-state index contributed by atoms with van der Waals surface area (Å²) < 4.78 is 7.41. The van der Waals surface area contributed by atoms with E-state index in [9.17, 15) is 0 Å². The number of ether oxygens (including phenoxy) is 1. The summed E-state index contributed by atoms with van der Waals surface area (Å²) in [6.45, 7) is 4.17. The van der Waals surface area contributed by atoms with Crippen LogP contribution >= 0.6 is 11.6 Å². The maximum Gasteiger partial charge on any atom is 0.189 e. The number of aromatic nitrogens is 6. The van der Waals surface area contributed by atoms with E-state index in [2.05, 4.69) is 25.3 Å². The lowest BCUT2D eigenvalue weighted by Crippen LogP contribution is -1.99. The zero-order chi connectivity index (χ0) is 16.0.